The Hall–Kier alpha value is -2.55. The number of halogens is 3. The molecule has 0 atom stereocenters. The van der Waals surface area contributed by atoms with Crippen LogP contribution >= 0.6 is 11.3 Å². The van der Waals surface area contributed by atoms with Crippen molar-refractivity contribution >= 4 is 22.4 Å². The van der Waals surface area contributed by atoms with Crippen molar-refractivity contribution in [2.75, 3.05) is 36.0 Å². The molecule has 1 aliphatic rings. The van der Waals surface area contributed by atoms with E-state index in [9.17, 15) is 13.2 Å². The highest BCUT2D eigenvalue weighted by molar-refractivity contribution is 7.13. The first-order chi connectivity index (χ1) is 12.5. The monoisotopic (exact) mass is 379 g/mol. The summed E-state index contributed by atoms with van der Waals surface area (Å²) in [4.78, 5) is 16.1. The Bertz CT molecular complexity index is 867. The first-order valence-electron chi connectivity index (χ1n) is 8.13. The molecule has 0 amide bonds. The van der Waals surface area contributed by atoms with Crippen molar-refractivity contribution in [2.45, 2.75) is 6.18 Å². The van der Waals surface area contributed by atoms with Crippen molar-refractivity contribution in [1.82, 2.24) is 15.0 Å². The Balaban J connectivity index is 1.47. The molecule has 3 aromatic rings. The van der Waals surface area contributed by atoms with Gasteiger partial charge in [0.1, 0.15) is 0 Å². The lowest BCUT2D eigenvalue weighted by molar-refractivity contribution is -0.137. The number of H-pyrrole nitrogens is 1. The topological polar surface area (TPSA) is 48.1 Å². The number of thiazole rings is 1. The number of hydrogen-bond donors (Lipinski definition) is 1. The highest BCUT2D eigenvalue weighted by atomic mass is 32.1. The fourth-order valence-corrected chi connectivity index (χ4v) is 3.66. The Kier molecular flexibility index (Phi) is 4.31. The van der Waals surface area contributed by atoms with Gasteiger partial charge in [0.05, 0.1) is 17.5 Å². The van der Waals surface area contributed by atoms with E-state index < -0.39 is 11.7 Å². The molecule has 0 spiro atoms. The second-order valence-corrected chi connectivity index (χ2v) is 6.86. The smallest absolute Gasteiger partial charge is 0.345 e. The fourth-order valence-electron chi connectivity index (χ4n) is 2.96. The van der Waals surface area contributed by atoms with Gasteiger partial charge in [0.15, 0.2) is 5.13 Å². The number of alkyl halides is 3. The minimum Gasteiger partial charge on any atom is -0.345 e. The van der Waals surface area contributed by atoms with E-state index in [0.29, 0.717) is 17.2 Å². The summed E-state index contributed by atoms with van der Waals surface area (Å²) < 4.78 is 38.7. The minimum absolute atomic E-state index is 0.472. The summed E-state index contributed by atoms with van der Waals surface area (Å²) >= 11 is 1.61. The summed E-state index contributed by atoms with van der Waals surface area (Å²) in [5.41, 5.74) is 0.386. The van der Waals surface area contributed by atoms with Gasteiger partial charge in [0.2, 0.25) is 5.95 Å². The number of anilines is 2. The zero-order valence-corrected chi connectivity index (χ0v) is 14.5. The van der Waals surface area contributed by atoms with Gasteiger partial charge in [-0.3, -0.25) is 0 Å². The van der Waals surface area contributed by atoms with Gasteiger partial charge in [0.25, 0.3) is 0 Å². The van der Waals surface area contributed by atoms with Crippen LogP contribution in [-0.4, -0.2) is 41.1 Å². The second-order valence-electron chi connectivity index (χ2n) is 5.99. The molecule has 4 rings (SSSR count). The molecule has 1 N–H and O–H groups in total. The van der Waals surface area contributed by atoms with Crippen LogP contribution in [0.1, 0.15) is 5.56 Å². The third-order valence-corrected chi connectivity index (χ3v) is 5.16. The Morgan fingerprint density at radius 1 is 1.04 bits per heavy atom. The molecule has 1 saturated heterocycles. The molecule has 136 valence electrons. The molecule has 1 aliphatic heterocycles. The SMILES string of the molecule is FC(F)(F)c1cccc(-c2cnc(N3CCN(c4nccs4)CC3)[nH]2)c1. The Morgan fingerprint density at radius 2 is 1.81 bits per heavy atom. The Labute approximate surface area is 152 Å². The van der Waals surface area contributed by atoms with Crippen molar-refractivity contribution in [3.63, 3.8) is 0 Å². The van der Waals surface area contributed by atoms with Crippen LogP contribution in [0, 0.1) is 0 Å². The standard InChI is InChI=1S/C17H16F3N5S/c18-17(19,20)13-3-1-2-12(10-13)14-11-22-15(23-14)24-5-7-25(8-6-24)16-21-4-9-26-16/h1-4,9-11H,5-8H2,(H,22,23). The first-order valence-corrected chi connectivity index (χ1v) is 9.01. The molecule has 0 unspecified atom stereocenters. The molecule has 1 aromatic carbocycles. The molecule has 0 bridgehead atoms. The molecule has 0 saturated carbocycles. The molecular formula is C17H16F3N5S. The summed E-state index contributed by atoms with van der Waals surface area (Å²) in [5.74, 6) is 0.677. The number of benzene rings is 1. The van der Waals surface area contributed by atoms with Crippen molar-refractivity contribution in [3.05, 3.63) is 47.6 Å². The number of piperazine rings is 1. The van der Waals surface area contributed by atoms with Crippen LogP contribution in [0.3, 0.4) is 0 Å². The van der Waals surface area contributed by atoms with Gasteiger partial charge in [-0.1, -0.05) is 12.1 Å². The van der Waals surface area contributed by atoms with Crippen molar-refractivity contribution < 1.29 is 13.2 Å². The zero-order chi connectivity index (χ0) is 18.1. The lowest BCUT2D eigenvalue weighted by Crippen LogP contribution is -2.46. The molecular weight excluding hydrogens is 363 g/mol. The number of nitrogens with one attached hydrogen (secondary N) is 1. The van der Waals surface area contributed by atoms with E-state index in [2.05, 4.69) is 24.8 Å². The van der Waals surface area contributed by atoms with Gasteiger partial charge < -0.3 is 14.8 Å². The molecule has 2 aromatic heterocycles. The van der Waals surface area contributed by atoms with Gasteiger partial charge in [0, 0.05) is 43.3 Å². The first kappa shape index (κ1) is 16.9. The van der Waals surface area contributed by atoms with Crippen LogP contribution in [0.4, 0.5) is 24.3 Å². The average Bonchev–Trinajstić information content (AvgIpc) is 3.33. The van der Waals surface area contributed by atoms with Gasteiger partial charge >= 0.3 is 6.18 Å². The molecule has 0 radical (unpaired) electrons. The molecule has 3 heterocycles. The van der Waals surface area contributed by atoms with E-state index in [-0.39, 0.29) is 0 Å². The molecule has 5 nitrogen and oxygen atoms in total. The van der Waals surface area contributed by atoms with Gasteiger partial charge in [-0.25, -0.2) is 9.97 Å². The Morgan fingerprint density at radius 3 is 2.50 bits per heavy atom. The maximum Gasteiger partial charge on any atom is 0.416 e. The second kappa shape index (κ2) is 6.64. The van der Waals surface area contributed by atoms with Crippen molar-refractivity contribution in [1.29, 1.82) is 0 Å². The summed E-state index contributed by atoms with van der Waals surface area (Å²) in [5, 5.41) is 2.96. The lowest BCUT2D eigenvalue weighted by atomic mass is 10.1. The van der Waals surface area contributed by atoms with Gasteiger partial charge in [-0.05, 0) is 12.1 Å². The third kappa shape index (κ3) is 3.39. The number of nitrogens with zero attached hydrogens (tertiary/aromatic N) is 4. The van der Waals surface area contributed by atoms with Crippen LogP contribution in [0.15, 0.2) is 42.0 Å². The zero-order valence-electron chi connectivity index (χ0n) is 13.7. The van der Waals surface area contributed by atoms with E-state index >= 15 is 0 Å². The molecule has 0 aliphatic carbocycles. The van der Waals surface area contributed by atoms with E-state index in [1.807, 2.05) is 5.38 Å². The number of aromatic nitrogens is 3. The number of hydrogen-bond acceptors (Lipinski definition) is 5. The average molecular weight is 379 g/mol. The number of rotatable bonds is 3. The number of imidazole rings is 1. The quantitative estimate of drug-likeness (QED) is 0.750. The summed E-state index contributed by atoms with van der Waals surface area (Å²) in [6.45, 7) is 3.20. The number of aromatic amines is 1. The van der Waals surface area contributed by atoms with Crippen LogP contribution < -0.4 is 9.80 Å². The van der Waals surface area contributed by atoms with Crippen molar-refractivity contribution in [2.24, 2.45) is 0 Å². The van der Waals surface area contributed by atoms with Crippen LogP contribution in [0.5, 0.6) is 0 Å². The summed E-state index contributed by atoms with van der Waals surface area (Å²) in [7, 11) is 0. The summed E-state index contributed by atoms with van der Waals surface area (Å²) in [6.07, 6.45) is -0.983. The molecule has 1 fully saturated rings. The molecule has 9 heteroatoms. The van der Waals surface area contributed by atoms with Crippen molar-refractivity contribution in [3.8, 4) is 11.3 Å². The normalized spacial score (nSPS) is 15.5. The molecule has 26 heavy (non-hydrogen) atoms. The predicted octanol–water partition coefficient (Wildman–Crippen LogP) is 3.88. The maximum absolute atomic E-state index is 12.9. The van der Waals surface area contributed by atoms with E-state index in [0.717, 1.165) is 43.4 Å². The maximum atomic E-state index is 12.9. The predicted molar refractivity (Wildman–Crippen MR) is 95.6 cm³/mol. The largest absolute Gasteiger partial charge is 0.416 e. The highest BCUT2D eigenvalue weighted by Crippen LogP contribution is 2.32. The van der Waals surface area contributed by atoms with E-state index in [4.69, 9.17) is 0 Å². The minimum atomic E-state index is -4.36. The van der Waals surface area contributed by atoms with Crippen LogP contribution in [0.25, 0.3) is 11.3 Å². The summed E-state index contributed by atoms with van der Waals surface area (Å²) in [6, 6.07) is 5.26. The van der Waals surface area contributed by atoms with E-state index in [1.54, 1.807) is 29.8 Å². The van der Waals surface area contributed by atoms with Crippen LogP contribution in [0.2, 0.25) is 0 Å². The highest BCUT2D eigenvalue weighted by Gasteiger charge is 2.30. The van der Waals surface area contributed by atoms with Crippen LogP contribution in [-0.2, 0) is 6.18 Å². The lowest BCUT2D eigenvalue weighted by Gasteiger charge is -2.34. The van der Waals surface area contributed by atoms with E-state index in [1.165, 1.54) is 6.07 Å². The van der Waals surface area contributed by atoms with Gasteiger partial charge in [-0.15, -0.1) is 11.3 Å². The fraction of sp³-hybridized carbons (Fsp3) is 0.294. The third-order valence-electron chi connectivity index (χ3n) is 4.33. The van der Waals surface area contributed by atoms with Gasteiger partial charge in [-0.2, -0.15) is 13.2 Å².